The fourth-order valence-corrected chi connectivity index (χ4v) is 5.49. The number of imidazole rings is 1. The van der Waals surface area contributed by atoms with E-state index in [1.54, 1.807) is 28.0 Å². The minimum atomic E-state index is -3.67. The Kier molecular flexibility index (Phi) is 6.74. The summed E-state index contributed by atoms with van der Waals surface area (Å²) in [6.45, 7) is 7.16. The van der Waals surface area contributed by atoms with Gasteiger partial charge in [0, 0.05) is 12.5 Å². The minimum absolute atomic E-state index is 0.0472. The van der Waals surface area contributed by atoms with Crippen molar-refractivity contribution in [3.05, 3.63) is 71.4 Å². The number of furan rings is 1. The molecular formula is C25H31N3O4S. The first-order valence-electron chi connectivity index (χ1n) is 11.4. The lowest BCUT2D eigenvalue weighted by Gasteiger charge is -2.23. The second kappa shape index (κ2) is 9.55. The Balaban J connectivity index is 1.64. The summed E-state index contributed by atoms with van der Waals surface area (Å²) in [7, 11) is -3.67. The van der Waals surface area contributed by atoms with Crippen LogP contribution in [0.5, 0.6) is 0 Å². The molecule has 176 valence electrons. The van der Waals surface area contributed by atoms with E-state index in [9.17, 15) is 13.2 Å². The Bertz CT molecular complexity index is 1210. The van der Waals surface area contributed by atoms with Crippen LogP contribution in [0.25, 0.3) is 0 Å². The number of amides is 1. The first kappa shape index (κ1) is 23.3. The summed E-state index contributed by atoms with van der Waals surface area (Å²) >= 11 is 0. The zero-order chi connectivity index (χ0) is 23.6. The van der Waals surface area contributed by atoms with Crippen LogP contribution in [0.1, 0.15) is 49.3 Å². The second-order valence-corrected chi connectivity index (χ2v) is 11.2. The van der Waals surface area contributed by atoms with Gasteiger partial charge in [-0.25, -0.2) is 13.4 Å². The van der Waals surface area contributed by atoms with Crippen LogP contribution in [0.3, 0.4) is 0 Å². The molecule has 0 radical (unpaired) electrons. The van der Waals surface area contributed by atoms with Crippen molar-refractivity contribution in [1.29, 1.82) is 0 Å². The maximum Gasteiger partial charge on any atom is 0.228 e. The first-order chi connectivity index (χ1) is 15.7. The zero-order valence-corrected chi connectivity index (χ0v) is 20.2. The molecule has 0 unspecified atom stereocenters. The van der Waals surface area contributed by atoms with Crippen LogP contribution in [0.15, 0.2) is 58.4 Å². The lowest BCUT2D eigenvalue weighted by Crippen LogP contribution is -2.32. The summed E-state index contributed by atoms with van der Waals surface area (Å²) < 4.78 is 33.9. The highest BCUT2D eigenvalue weighted by atomic mass is 32.2. The maximum atomic E-state index is 13.3. The number of aromatic nitrogens is 2. The Hall–Kier alpha value is -2.87. The van der Waals surface area contributed by atoms with Gasteiger partial charge in [0.1, 0.15) is 5.76 Å². The van der Waals surface area contributed by atoms with E-state index >= 15 is 0 Å². The van der Waals surface area contributed by atoms with Crippen LogP contribution >= 0.6 is 0 Å². The third kappa shape index (κ3) is 5.74. The van der Waals surface area contributed by atoms with Crippen molar-refractivity contribution in [2.24, 2.45) is 11.8 Å². The van der Waals surface area contributed by atoms with E-state index in [0.29, 0.717) is 24.5 Å². The molecule has 0 saturated heterocycles. The first-order valence-corrected chi connectivity index (χ1v) is 13.0. The molecular weight excluding hydrogens is 438 g/mol. The van der Waals surface area contributed by atoms with E-state index in [4.69, 9.17) is 4.42 Å². The van der Waals surface area contributed by atoms with Crippen LogP contribution in [0.4, 0.5) is 0 Å². The van der Waals surface area contributed by atoms with Crippen LogP contribution < -0.4 is 0 Å². The molecule has 0 spiro atoms. The fraction of sp³-hybridized carbons (Fsp3) is 0.440. The lowest BCUT2D eigenvalue weighted by atomic mass is 10.2. The van der Waals surface area contributed by atoms with Crippen molar-refractivity contribution in [3.63, 3.8) is 0 Å². The van der Waals surface area contributed by atoms with Crippen LogP contribution in [0, 0.1) is 18.8 Å². The number of sulfone groups is 1. The Morgan fingerprint density at radius 1 is 1.21 bits per heavy atom. The normalized spacial score (nSPS) is 14.1. The third-order valence-electron chi connectivity index (χ3n) is 5.68. The summed E-state index contributed by atoms with van der Waals surface area (Å²) in [5.41, 5.74) is 2.46. The molecule has 2 aromatic heterocycles. The van der Waals surface area contributed by atoms with Crippen molar-refractivity contribution in [2.75, 3.05) is 0 Å². The number of benzene rings is 1. The smallest absolute Gasteiger partial charge is 0.228 e. The molecule has 1 aliphatic carbocycles. The molecule has 1 aliphatic rings. The lowest BCUT2D eigenvalue weighted by molar-refractivity contribution is -0.134. The molecule has 1 amide bonds. The number of carbonyl (C=O) groups excluding carboxylic acids is 1. The van der Waals surface area contributed by atoms with Gasteiger partial charge in [-0.05, 0) is 43.4 Å². The highest BCUT2D eigenvalue weighted by Gasteiger charge is 2.34. The average Bonchev–Trinajstić information content (AvgIpc) is 3.32. The Morgan fingerprint density at radius 2 is 2.00 bits per heavy atom. The quantitative estimate of drug-likeness (QED) is 0.441. The molecule has 1 fully saturated rings. The predicted octanol–water partition coefficient (Wildman–Crippen LogP) is 4.35. The van der Waals surface area contributed by atoms with Gasteiger partial charge in [0.05, 0.1) is 37.0 Å². The molecule has 1 saturated carbocycles. The van der Waals surface area contributed by atoms with Gasteiger partial charge in [-0.3, -0.25) is 4.79 Å². The van der Waals surface area contributed by atoms with E-state index in [1.165, 1.54) is 0 Å². The second-order valence-electron chi connectivity index (χ2n) is 9.33. The third-order valence-corrected chi connectivity index (χ3v) is 7.28. The van der Waals surface area contributed by atoms with Gasteiger partial charge in [0.2, 0.25) is 20.9 Å². The van der Waals surface area contributed by atoms with Crippen LogP contribution in [-0.2, 0) is 40.0 Å². The van der Waals surface area contributed by atoms with E-state index in [2.05, 4.69) is 4.98 Å². The Morgan fingerprint density at radius 3 is 2.64 bits per heavy atom. The molecule has 0 N–H and O–H groups in total. The van der Waals surface area contributed by atoms with E-state index in [0.717, 1.165) is 24.0 Å². The molecule has 4 rings (SSSR count). The van der Waals surface area contributed by atoms with Crippen molar-refractivity contribution in [2.45, 2.75) is 64.2 Å². The number of carbonyl (C=O) groups is 1. The standard InChI is InChI=1S/C25H31N3O4S/c1-18(2)14-28-22(15-27(24(29)21-9-10-21)16-23-8-5-11-32-23)13-26-25(28)33(30,31)17-20-7-4-6-19(3)12-20/h4-8,11-13,18,21H,9-10,14-17H2,1-3H3. The summed E-state index contributed by atoms with van der Waals surface area (Å²) in [6.07, 6.45) is 4.98. The summed E-state index contributed by atoms with van der Waals surface area (Å²) in [6, 6.07) is 11.2. The molecule has 8 heteroatoms. The van der Waals surface area contributed by atoms with Crippen molar-refractivity contribution in [1.82, 2.24) is 14.5 Å². The van der Waals surface area contributed by atoms with Crippen molar-refractivity contribution in [3.8, 4) is 0 Å². The molecule has 3 aromatic rings. The fourth-order valence-electron chi connectivity index (χ4n) is 4.00. The van der Waals surface area contributed by atoms with E-state index in [1.807, 2.05) is 51.1 Å². The van der Waals surface area contributed by atoms with Crippen molar-refractivity contribution >= 4 is 15.7 Å². The molecule has 0 aliphatic heterocycles. The minimum Gasteiger partial charge on any atom is -0.467 e. The van der Waals surface area contributed by atoms with E-state index in [-0.39, 0.29) is 35.2 Å². The number of hydrogen-bond donors (Lipinski definition) is 0. The topological polar surface area (TPSA) is 85.4 Å². The van der Waals surface area contributed by atoms with Crippen LogP contribution in [0.2, 0.25) is 0 Å². The predicted molar refractivity (Wildman–Crippen MR) is 125 cm³/mol. The molecule has 1 aromatic carbocycles. The number of nitrogens with zero attached hydrogens (tertiary/aromatic N) is 3. The van der Waals surface area contributed by atoms with Crippen LogP contribution in [-0.4, -0.2) is 28.8 Å². The van der Waals surface area contributed by atoms with Gasteiger partial charge >= 0.3 is 0 Å². The summed E-state index contributed by atoms with van der Waals surface area (Å²) in [5, 5.41) is 0.0597. The average molecular weight is 470 g/mol. The van der Waals surface area contributed by atoms with Gasteiger partial charge in [-0.1, -0.05) is 43.7 Å². The number of aryl methyl sites for hydroxylation is 1. The molecule has 33 heavy (non-hydrogen) atoms. The number of rotatable bonds is 10. The Labute approximate surface area is 195 Å². The SMILES string of the molecule is Cc1cccc(CS(=O)(=O)c2ncc(CN(Cc3ccco3)C(=O)C3CC3)n2CC(C)C)c1. The van der Waals surface area contributed by atoms with Gasteiger partial charge in [-0.15, -0.1) is 0 Å². The monoisotopic (exact) mass is 469 g/mol. The van der Waals surface area contributed by atoms with Gasteiger partial charge in [-0.2, -0.15) is 0 Å². The summed E-state index contributed by atoms with van der Waals surface area (Å²) in [5.74, 6) is 0.925. The zero-order valence-electron chi connectivity index (χ0n) is 19.4. The van der Waals surface area contributed by atoms with E-state index < -0.39 is 9.84 Å². The molecule has 0 atom stereocenters. The molecule has 7 nitrogen and oxygen atoms in total. The molecule has 0 bridgehead atoms. The van der Waals surface area contributed by atoms with Gasteiger partial charge < -0.3 is 13.9 Å². The number of hydrogen-bond acceptors (Lipinski definition) is 5. The maximum absolute atomic E-state index is 13.3. The highest BCUT2D eigenvalue weighted by Crippen LogP contribution is 2.32. The molecule has 2 heterocycles. The largest absolute Gasteiger partial charge is 0.467 e. The van der Waals surface area contributed by atoms with Gasteiger partial charge in [0.25, 0.3) is 0 Å². The highest BCUT2D eigenvalue weighted by molar-refractivity contribution is 7.90. The van der Waals surface area contributed by atoms with Crippen molar-refractivity contribution < 1.29 is 17.6 Å². The summed E-state index contributed by atoms with van der Waals surface area (Å²) in [4.78, 5) is 19.1. The van der Waals surface area contributed by atoms with Gasteiger partial charge in [0.15, 0.2) is 0 Å².